The van der Waals surface area contributed by atoms with Crippen molar-refractivity contribution in [2.45, 2.75) is 50.5 Å². The summed E-state index contributed by atoms with van der Waals surface area (Å²) in [4.78, 5) is 0. The van der Waals surface area contributed by atoms with Gasteiger partial charge in [0.15, 0.2) is 0 Å². The molecule has 0 radical (unpaired) electrons. The normalized spacial score (nSPS) is 25.7. The first-order valence-electron chi connectivity index (χ1n) is 7.28. The van der Waals surface area contributed by atoms with Gasteiger partial charge in [0.05, 0.1) is 6.10 Å². The smallest absolute Gasteiger partial charge is 0.0824 e. The lowest BCUT2D eigenvalue weighted by Gasteiger charge is -2.32. The van der Waals surface area contributed by atoms with E-state index in [-0.39, 0.29) is 6.10 Å². The summed E-state index contributed by atoms with van der Waals surface area (Å²) in [5, 5.41) is 10.7. The molecule has 1 heteroatoms. The maximum atomic E-state index is 10.7. The van der Waals surface area contributed by atoms with Crippen LogP contribution in [0.3, 0.4) is 0 Å². The van der Waals surface area contributed by atoms with Gasteiger partial charge in [-0.2, -0.15) is 0 Å². The van der Waals surface area contributed by atoms with Gasteiger partial charge in [-0.25, -0.2) is 0 Å². The molecule has 0 heterocycles. The van der Waals surface area contributed by atoms with Crippen molar-refractivity contribution in [3.05, 3.63) is 47.5 Å². The molecule has 1 fully saturated rings. The molecule has 18 heavy (non-hydrogen) atoms. The first-order chi connectivity index (χ1) is 8.86. The van der Waals surface area contributed by atoms with E-state index in [0.29, 0.717) is 11.8 Å². The zero-order chi connectivity index (χ0) is 12.4. The molecule has 0 amide bonds. The van der Waals surface area contributed by atoms with Crippen LogP contribution in [0.5, 0.6) is 0 Å². The van der Waals surface area contributed by atoms with Gasteiger partial charge in [-0.1, -0.05) is 42.8 Å². The molecule has 1 aromatic rings. The van der Waals surface area contributed by atoms with Crippen molar-refractivity contribution in [3.63, 3.8) is 0 Å². The first-order valence-corrected chi connectivity index (χ1v) is 7.28. The third-order valence-electron chi connectivity index (χ3n) is 4.62. The highest BCUT2D eigenvalue weighted by Crippen LogP contribution is 2.42. The summed E-state index contributed by atoms with van der Waals surface area (Å²) < 4.78 is 0. The fourth-order valence-electron chi connectivity index (χ4n) is 3.23. The summed E-state index contributed by atoms with van der Waals surface area (Å²) in [6, 6.07) is 8.54. The zero-order valence-electron chi connectivity index (χ0n) is 10.9. The Balaban J connectivity index is 1.83. The van der Waals surface area contributed by atoms with Crippen LogP contribution in [0, 0.1) is 5.92 Å². The van der Waals surface area contributed by atoms with Crippen LogP contribution in [0.25, 0.3) is 0 Å². The highest BCUT2D eigenvalue weighted by Gasteiger charge is 2.27. The third kappa shape index (κ3) is 2.24. The summed E-state index contributed by atoms with van der Waals surface area (Å²) in [6.45, 7) is 0. The quantitative estimate of drug-likeness (QED) is 0.781. The van der Waals surface area contributed by atoms with Gasteiger partial charge in [-0.3, -0.25) is 0 Å². The molecule has 2 aliphatic carbocycles. The predicted molar refractivity (Wildman–Crippen MR) is 74.5 cm³/mol. The van der Waals surface area contributed by atoms with Crippen molar-refractivity contribution in [3.8, 4) is 0 Å². The zero-order valence-corrected chi connectivity index (χ0v) is 10.9. The van der Waals surface area contributed by atoms with Crippen molar-refractivity contribution in [1.82, 2.24) is 0 Å². The number of aliphatic hydroxyl groups excluding tert-OH is 1. The van der Waals surface area contributed by atoms with E-state index >= 15 is 0 Å². The third-order valence-corrected chi connectivity index (χ3v) is 4.62. The van der Waals surface area contributed by atoms with E-state index in [0.717, 1.165) is 19.3 Å². The van der Waals surface area contributed by atoms with E-state index < -0.39 is 0 Å². The Kier molecular flexibility index (Phi) is 3.51. The second kappa shape index (κ2) is 5.27. The van der Waals surface area contributed by atoms with Crippen molar-refractivity contribution < 1.29 is 5.11 Å². The van der Waals surface area contributed by atoms with E-state index in [1.807, 2.05) is 0 Å². The average molecular weight is 242 g/mol. The minimum atomic E-state index is -0.272. The summed E-state index contributed by atoms with van der Waals surface area (Å²) in [5.74, 6) is 1.12. The van der Waals surface area contributed by atoms with Crippen LogP contribution in [-0.2, 0) is 0 Å². The van der Waals surface area contributed by atoms with Gasteiger partial charge in [0.25, 0.3) is 0 Å². The Hall–Kier alpha value is -1.08. The first kappa shape index (κ1) is 12.0. The van der Waals surface area contributed by atoms with Crippen LogP contribution in [0.15, 0.2) is 36.4 Å². The van der Waals surface area contributed by atoms with Gasteiger partial charge in [-0.05, 0) is 55.1 Å². The van der Waals surface area contributed by atoms with Gasteiger partial charge >= 0.3 is 0 Å². The Bertz CT molecular complexity index is 431. The monoisotopic (exact) mass is 242 g/mol. The number of hydrogen-bond donors (Lipinski definition) is 1. The van der Waals surface area contributed by atoms with Crippen LogP contribution in [0.2, 0.25) is 0 Å². The molecule has 0 aliphatic heterocycles. The fourth-order valence-corrected chi connectivity index (χ4v) is 3.23. The fraction of sp³-hybridized carbons (Fsp3) is 0.529. The Morgan fingerprint density at radius 2 is 1.89 bits per heavy atom. The largest absolute Gasteiger partial charge is 0.388 e. The maximum Gasteiger partial charge on any atom is 0.0824 e. The predicted octanol–water partition coefficient (Wildman–Crippen LogP) is 4.34. The summed E-state index contributed by atoms with van der Waals surface area (Å²) >= 11 is 0. The summed E-state index contributed by atoms with van der Waals surface area (Å²) in [5.41, 5.74) is 2.60. The van der Waals surface area contributed by atoms with Gasteiger partial charge < -0.3 is 5.11 Å². The van der Waals surface area contributed by atoms with Crippen LogP contribution in [0.4, 0.5) is 0 Å². The highest BCUT2D eigenvalue weighted by molar-refractivity contribution is 5.34. The molecule has 96 valence electrons. The number of allylic oxidation sites excluding steroid dienone is 2. The Morgan fingerprint density at radius 3 is 2.56 bits per heavy atom. The Morgan fingerprint density at radius 1 is 1.06 bits per heavy atom. The molecule has 0 bridgehead atoms. The van der Waals surface area contributed by atoms with Crippen molar-refractivity contribution in [1.29, 1.82) is 0 Å². The number of rotatable bonds is 3. The Labute approximate surface area is 110 Å². The second-order valence-corrected chi connectivity index (χ2v) is 5.75. The van der Waals surface area contributed by atoms with Gasteiger partial charge in [0, 0.05) is 0 Å². The van der Waals surface area contributed by atoms with E-state index in [1.165, 1.54) is 30.4 Å². The van der Waals surface area contributed by atoms with E-state index in [2.05, 4.69) is 36.4 Å². The molecule has 3 rings (SSSR count). The average Bonchev–Trinajstić information content (AvgIpc) is 2.38. The molecular weight excluding hydrogens is 220 g/mol. The highest BCUT2D eigenvalue weighted by atomic mass is 16.3. The van der Waals surface area contributed by atoms with E-state index in [4.69, 9.17) is 0 Å². The molecule has 2 aliphatic rings. The number of aliphatic hydroxyl groups is 1. The maximum absolute atomic E-state index is 10.7. The number of benzene rings is 1. The molecule has 2 unspecified atom stereocenters. The van der Waals surface area contributed by atoms with Crippen molar-refractivity contribution >= 4 is 0 Å². The number of hydrogen-bond acceptors (Lipinski definition) is 1. The molecule has 1 nitrogen and oxygen atoms in total. The minimum absolute atomic E-state index is 0.272. The lowest BCUT2D eigenvalue weighted by molar-refractivity contribution is 0.101. The minimum Gasteiger partial charge on any atom is -0.388 e. The van der Waals surface area contributed by atoms with Gasteiger partial charge in [0.2, 0.25) is 0 Å². The van der Waals surface area contributed by atoms with Gasteiger partial charge in [-0.15, -0.1) is 0 Å². The van der Waals surface area contributed by atoms with Crippen molar-refractivity contribution in [2.75, 3.05) is 0 Å². The molecule has 1 saturated carbocycles. The van der Waals surface area contributed by atoms with Crippen LogP contribution >= 0.6 is 0 Å². The standard InChI is InChI=1S/C17H22O/c18-17(14-7-2-1-3-8-14)16-12-5-4-11-15(16)13-9-6-10-13/h1-2,4-5,11-14,17-18H,3,6-10H2. The molecule has 1 aromatic carbocycles. The lowest BCUT2D eigenvalue weighted by atomic mass is 9.75. The van der Waals surface area contributed by atoms with Gasteiger partial charge in [0.1, 0.15) is 0 Å². The topological polar surface area (TPSA) is 20.2 Å². The molecule has 2 atom stereocenters. The lowest BCUT2D eigenvalue weighted by Crippen LogP contribution is -2.18. The molecule has 1 N–H and O–H groups in total. The van der Waals surface area contributed by atoms with Crippen LogP contribution in [-0.4, -0.2) is 5.11 Å². The van der Waals surface area contributed by atoms with Crippen molar-refractivity contribution in [2.24, 2.45) is 5.92 Å². The molecule has 0 saturated heterocycles. The molecule has 0 spiro atoms. The second-order valence-electron chi connectivity index (χ2n) is 5.75. The molecular formula is C17H22O. The van der Waals surface area contributed by atoms with E-state index in [1.54, 1.807) is 0 Å². The van der Waals surface area contributed by atoms with Crippen LogP contribution < -0.4 is 0 Å². The van der Waals surface area contributed by atoms with Crippen LogP contribution in [0.1, 0.15) is 61.7 Å². The summed E-state index contributed by atoms with van der Waals surface area (Å²) in [6.07, 6.45) is 11.4. The summed E-state index contributed by atoms with van der Waals surface area (Å²) in [7, 11) is 0. The molecule has 0 aromatic heterocycles. The van der Waals surface area contributed by atoms with E-state index in [9.17, 15) is 5.11 Å². The SMILES string of the molecule is OC(c1ccccc1C1CCC1)C1CC=CCC1.